The lowest BCUT2D eigenvalue weighted by Gasteiger charge is -2.32. The second kappa shape index (κ2) is 9.21. The van der Waals surface area contributed by atoms with E-state index in [4.69, 9.17) is 19.5 Å². The van der Waals surface area contributed by atoms with Crippen LogP contribution in [0.15, 0.2) is 35.0 Å². The van der Waals surface area contributed by atoms with Gasteiger partial charge in [0.1, 0.15) is 5.60 Å². The van der Waals surface area contributed by atoms with Crippen molar-refractivity contribution >= 4 is 18.9 Å². The highest BCUT2D eigenvalue weighted by molar-refractivity contribution is 6.58. The Bertz CT molecular complexity index is 790. The van der Waals surface area contributed by atoms with Crippen molar-refractivity contribution in [2.45, 2.75) is 78.1 Å². The van der Waals surface area contributed by atoms with E-state index in [0.29, 0.717) is 18.7 Å². The number of hydrogen-bond acceptors (Lipinski definition) is 6. The van der Waals surface area contributed by atoms with Crippen molar-refractivity contribution in [3.05, 3.63) is 35.0 Å². The van der Waals surface area contributed by atoms with Crippen LogP contribution in [-0.4, -0.2) is 61.3 Å². The molecule has 0 unspecified atom stereocenters. The Hall–Kier alpha value is -2.06. The largest absolute Gasteiger partial charge is 0.495 e. The van der Waals surface area contributed by atoms with Crippen molar-refractivity contribution in [3.63, 3.8) is 0 Å². The zero-order chi connectivity index (χ0) is 23.6. The van der Waals surface area contributed by atoms with Crippen molar-refractivity contribution in [2.24, 2.45) is 0 Å². The average Bonchev–Trinajstić information content (AvgIpc) is 2.85. The molecule has 8 heteroatoms. The van der Waals surface area contributed by atoms with Crippen molar-refractivity contribution in [2.75, 3.05) is 20.6 Å². The predicted molar refractivity (Wildman–Crippen MR) is 125 cm³/mol. The van der Waals surface area contributed by atoms with Crippen molar-refractivity contribution in [1.82, 2.24) is 10.2 Å². The molecule has 2 N–H and O–H groups in total. The number of carbonyl (C=O) groups excluding carboxylic acids is 1. The zero-order valence-electron chi connectivity index (χ0n) is 20.5. The molecule has 0 aromatic heterocycles. The quantitative estimate of drug-likeness (QED) is 0.615. The van der Waals surface area contributed by atoms with Crippen LogP contribution in [0.2, 0.25) is 0 Å². The van der Waals surface area contributed by atoms with Gasteiger partial charge in [-0.15, -0.1) is 0 Å². The van der Waals surface area contributed by atoms with Gasteiger partial charge in [0, 0.05) is 31.9 Å². The third kappa shape index (κ3) is 6.01. The van der Waals surface area contributed by atoms with Crippen molar-refractivity contribution < 1.29 is 18.8 Å². The number of nitrogens with one attached hydrogen (secondary N) is 2. The maximum absolute atomic E-state index is 12.2. The number of hydrogen-bond donors (Lipinski definition) is 2. The molecule has 172 valence electrons. The second-order valence-electron chi connectivity index (χ2n) is 10.1. The molecule has 0 spiro atoms. The summed E-state index contributed by atoms with van der Waals surface area (Å²) in [5.74, 6) is 0. The molecule has 2 aliphatic rings. The fourth-order valence-electron chi connectivity index (χ4n) is 3.37. The molecule has 1 saturated heterocycles. The van der Waals surface area contributed by atoms with Crippen LogP contribution in [0.3, 0.4) is 0 Å². The summed E-state index contributed by atoms with van der Waals surface area (Å²) in [6.45, 7) is 14.2. The summed E-state index contributed by atoms with van der Waals surface area (Å²) < 4.78 is 17.9. The molecule has 1 amide bonds. The van der Waals surface area contributed by atoms with E-state index in [0.717, 1.165) is 23.2 Å². The summed E-state index contributed by atoms with van der Waals surface area (Å²) in [7, 11) is 3.05. The number of carbonyl (C=O) groups is 1. The first-order valence-corrected chi connectivity index (χ1v) is 10.9. The van der Waals surface area contributed by atoms with Gasteiger partial charge in [-0.3, -0.25) is 0 Å². The minimum absolute atomic E-state index is 0.336. The van der Waals surface area contributed by atoms with E-state index in [2.05, 4.69) is 5.32 Å². The predicted octanol–water partition coefficient (Wildman–Crippen LogP) is 4.25. The van der Waals surface area contributed by atoms with E-state index < -0.39 is 23.9 Å². The summed E-state index contributed by atoms with van der Waals surface area (Å²) in [6.07, 6.45) is 6.65. The van der Waals surface area contributed by atoms with Crippen LogP contribution >= 0.6 is 0 Å². The van der Waals surface area contributed by atoms with Gasteiger partial charge in [-0.05, 0) is 72.9 Å². The summed E-state index contributed by atoms with van der Waals surface area (Å²) >= 11 is 0. The van der Waals surface area contributed by atoms with Crippen molar-refractivity contribution in [1.29, 1.82) is 5.41 Å². The third-order valence-electron chi connectivity index (χ3n) is 5.83. The first-order valence-electron chi connectivity index (χ1n) is 10.9. The molecular weight excluding hydrogens is 393 g/mol. The van der Waals surface area contributed by atoms with Crippen LogP contribution < -0.4 is 5.32 Å². The van der Waals surface area contributed by atoms with Crippen LogP contribution in [0, 0.1) is 5.41 Å². The maximum Gasteiger partial charge on any atom is 0.495 e. The van der Waals surface area contributed by atoms with Gasteiger partial charge in [0.25, 0.3) is 0 Å². The lowest BCUT2D eigenvalue weighted by Crippen LogP contribution is -2.41. The highest BCUT2D eigenvalue weighted by Gasteiger charge is 2.53. The molecule has 0 bridgehead atoms. The Morgan fingerprint density at radius 2 is 1.81 bits per heavy atom. The first kappa shape index (κ1) is 25.2. The molecule has 1 fully saturated rings. The molecule has 0 saturated carbocycles. The van der Waals surface area contributed by atoms with Crippen LogP contribution in [0.4, 0.5) is 4.79 Å². The summed E-state index contributed by atoms with van der Waals surface area (Å²) in [5, 5.41) is 11.8. The topological polar surface area (TPSA) is 83.9 Å². The van der Waals surface area contributed by atoms with Gasteiger partial charge >= 0.3 is 13.2 Å². The van der Waals surface area contributed by atoms with Gasteiger partial charge < -0.3 is 29.7 Å². The number of rotatable bonds is 6. The minimum atomic E-state index is -0.543. The summed E-state index contributed by atoms with van der Waals surface area (Å²) in [4.78, 5) is 13.8. The van der Waals surface area contributed by atoms with Gasteiger partial charge in [-0.1, -0.05) is 12.2 Å². The fraction of sp³-hybridized carbons (Fsp3) is 0.652. The van der Waals surface area contributed by atoms with Crippen molar-refractivity contribution in [3.8, 4) is 0 Å². The molecule has 2 rings (SSSR count). The Morgan fingerprint density at radius 3 is 2.32 bits per heavy atom. The molecule has 1 heterocycles. The Labute approximate surface area is 187 Å². The van der Waals surface area contributed by atoms with E-state index >= 15 is 0 Å². The Balaban J connectivity index is 2.16. The van der Waals surface area contributed by atoms with E-state index in [1.807, 2.05) is 67.7 Å². The number of allylic oxidation sites excluding steroid dienone is 6. The monoisotopic (exact) mass is 431 g/mol. The fourth-order valence-corrected chi connectivity index (χ4v) is 3.37. The standard InChI is InChI=1S/C23H38BN3O4/c1-21(2,3)29-20(28)27(9)15-11-14-18(26-8)19-16(12-10-13-17(19)25)24-30-22(4,5)23(6,7)31-24/h10,12-13,25-26H,11,14-15H2,1-9H3/b19-18-,25-17?. The molecule has 1 aliphatic carbocycles. The molecule has 0 aromatic rings. The number of nitrogens with zero attached hydrogens (tertiary/aromatic N) is 1. The molecule has 0 atom stereocenters. The van der Waals surface area contributed by atoms with Crippen LogP contribution in [-0.2, 0) is 14.0 Å². The van der Waals surface area contributed by atoms with E-state index in [-0.39, 0.29) is 6.09 Å². The Morgan fingerprint density at radius 1 is 1.23 bits per heavy atom. The van der Waals surface area contributed by atoms with E-state index in [1.54, 1.807) is 18.0 Å². The molecular formula is C23H38BN3O4. The third-order valence-corrected chi connectivity index (χ3v) is 5.83. The van der Waals surface area contributed by atoms with Gasteiger partial charge in [-0.25, -0.2) is 4.79 Å². The summed E-state index contributed by atoms with van der Waals surface area (Å²) in [6, 6.07) is 0. The van der Waals surface area contributed by atoms with Gasteiger partial charge in [0.2, 0.25) is 0 Å². The molecule has 1 aliphatic heterocycles. The smallest absolute Gasteiger partial charge is 0.444 e. The normalized spacial score (nSPS) is 21.6. The van der Waals surface area contributed by atoms with E-state index in [9.17, 15) is 4.79 Å². The zero-order valence-corrected chi connectivity index (χ0v) is 20.5. The van der Waals surface area contributed by atoms with Crippen LogP contribution in [0.5, 0.6) is 0 Å². The molecule has 0 aromatic carbocycles. The van der Waals surface area contributed by atoms with Gasteiger partial charge in [0.05, 0.1) is 16.9 Å². The molecule has 7 nitrogen and oxygen atoms in total. The lowest BCUT2D eigenvalue weighted by molar-refractivity contribution is 0.00578. The van der Waals surface area contributed by atoms with Crippen LogP contribution in [0.1, 0.15) is 61.3 Å². The Kier molecular flexibility index (Phi) is 7.49. The van der Waals surface area contributed by atoms with Gasteiger partial charge in [0.15, 0.2) is 0 Å². The minimum Gasteiger partial charge on any atom is -0.444 e. The molecule has 0 radical (unpaired) electrons. The first-order chi connectivity index (χ1) is 14.2. The highest BCUT2D eigenvalue weighted by Crippen LogP contribution is 2.41. The van der Waals surface area contributed by atoms with E-state index in [1.165, 1.54) is 0 Å². The summed E-state index contributed by atoms with van der Waals surface area (Å²) in [5.41, 5.74) is 1.55. The lowest BCUT2D eigenvalue weighted by atomic mass is 9.69. The second-order valence-corrected chi connectivity index (χ2v) is 10.1. The highest BCUT2D eigenvalue weighted by atomic mass is 16.7. The number of ether oxygens (including phenoxy) is 1. The number of amides is 1. The SMILES string of the molecule is CN/C(CCCN(C)C(=O)OC(C)(C)C)=C1\C(=N)C=CC=C1B1OC(C)(C)C(C)(C)O1. The maximum atomic E-state index is 12.2. The van der Waals surface area contributed by atoms with Gasteiger partial charge in [-0.2, -0.15) is 0 Å². The molecule has 31 heavy (non-hydrogen) atoms. The van der Waals surface area contributed by atoms with Crippen LogP contribution in [0.25, 0.3) is 0 Å². The average molecular weight is 431 g/mol.